The van der Waals surface area contributed by atoms with Gasteiger partial charge in [0, 0.05) is 31.1 Å². The molecule has 8 nitrogen and oxygen atoms in total. The van der Waals surface area contributed by atoms with E-state index in [2.05, 4.69) is 25.3 Å². The van der Waals surface area contributed by atoms with Gasteiger partial charge in [-0.1, -0.05) is 18.2 Å². The lowest BCUT2D eigenvalue weighted by Gasteiger charge is -2.08. The van der Waals surface area contributed by atoms with Gasteiger partial charge in [0.1, 0.15) is 11.2 Å². The average molecular weight is 378 g/mol. The van der Waals surface area contributed by atoms with Crippen LogP contribution in [-0.2, 0) is 6.42 Å². The van der Waals surface area contributed by atoms with E-state index in [0.29, 0.717) is 13.0 Å². The fraction of sp³-hybridized carbons (Fsp3) is 0.105. The second kappa shape index (κ2) is 7.39. The Bertz CT molecular complexity index is 1250. The molecule has 0 spiro atoms. The second-order valence-corrected chi connectivity index (χ2v) is 5.98. The molecule has 0 aliphatic rings. The SMILES string of the molecule is O=c1[nH]c2nc(NCCc3ccccn3)ncc2c(=O)n1-c1ccccc1F. The molecule has 4 aromatic rings. The molecule has 0 saturated carbocycles. The first kappa shape index (κ1) is 17.5. The number of hydrogen-bond acceptors (Lipinski definition) is 6. The Hall–Kier alpha value is -3.88. The molecule has 3 aromatic heterocycles. The Morgan fingerprint density at radius 3 is 2.68 bits per heavy atom. The van der Waals surface area contributed by atoms with Crippen molar-refractivity contribution in [2.75, 3.05) is 11.9 Å². The molecule has 0 bridgehead atoms. The van der Waals surface area contributed by atoms with Gasteiger partial charge in [-0.25, -0.2) is 18.7 Å². The second-order valence-electron chi connectivity index (χ2n) is 5.98. The number of benzene rings is 1. The van der Waals surface area contributed by atoms with Gasteiger partial charge in [0.25, 0.3) is 5.56 Å². The summed E-state index contributed by atoms with van der Waals surface area (Å²) >= 11 is 0. The maximum absolute atomic E-state index is 14.0. The minimum absolute atomic E-state index is 0.0814. The summed E-state index contributed by atoms with van der Waals surface area (Å²) in [4.78, 5) is 40.1. The molecule has 0 aliphatic carbocycles. The molecule has 3 heterocycles. The summed E-state index contributed by atoms with van der Waals surface area (Å²) < 4.78 is 14.8. The van der Waals surface area contributed by atoms with Crippen LogP contribution in [0.5, 0.6) is 0 Å². The average Bonchev–Trinajstić information content (AvgIpc) is 2.70. The van der Waals surface area contributed by atoms with E-state index in [9.17, 15) is 14.0 Å². The summed E-state index contributed by atoms with van der Waals surface area (Å²) in [6.07, 6.45) is 3.68. The molecular formula is C19H15FN6O2. The zero-order chi connectivity index (χ0) is 19.5. The van der Waals surface area contributed by atoms with Crippen LogP contribution in [0.15, 0.2) is 64.4 Å². The number of anilines is 1. The number of fused-ring (bicyclic) bond motifs is 1. The van der Waals surface area contributed by atoms with E-state index in [-0.39, 0.29) is 22.7 Å². The van der Waals surface area contributed by atoms with E-state index in [4.69, 9.17) is 0 Å². The number of nitrogens with zero attached hydrogens (tertiary/aromatic N) is 4. The number of nitrogens with one attached hydrogen (secondary N) is 2. The van der Waals surface area contributed by atoms with Crippen molar-refractivity contribution in [3.63, 3.8) is 0 Å². The zero-order valence-corrected chi connectivity index (χ0v) is 14.6. The predicted molar refractivity (Wildman–Crippen MR) is 102 cm³/mol. The molecule has 1 aromatic carbocycles. The smallest absolute Gasteiger partial charge is 0.334 e. The minimum Gasteiger partial charge on any atom is -0.354 e. The lowest BCUT2D eigenvalue weighted by Crippen LogP contribution is -2.34. The molecule has 0 radical (unpaired) electrons. The lowest BCUT2D eigenvalue weighted by molar-refractivity contribution is 0.613. The first-order chi connectivity index (χ1) is 13.6. The number of rotatable bonds is 5. The number of aromatic nitrogens is 5. The molecule has 0 unspecified atom stereocenters. The van der Waals surface area contributed by atoms with Crippen LogP contribution in [0.2, 0.25) is 0 Å². The first-order valence-corrected chi connectivity index (χ1v) is 8.54. The maximum Gasteiger partial charge on any atom is 0.334 e. The Morgan fingerprint density at radius 1 is 1.07 bits per heavy atom. The van der Waals surface area contributed by atoms with Crippen molar-refractivity contribution in [2.45, 2.75) is 6.42 Å². The highest BCUT2D eigenvalue weighted by Gasteiger charge is 2.14. The van der Waals surface area contributed by atoms with Gasteiger partial charge in [0.15, 0.2) is 5.65 Å². The Kier molecular flexibility index (Phi) is 4.63. The van der Waals surface area contributed by atoms with Crippen molar-refractivity contribution in [1.29, 1.82) is 0 Å². The van der Waals surface area contributed by atoms with Gasteiger partial charge < -0.3 is 5.32 Å². The van der Waals surface area contributed by atoms with Gasteiger partial charge in [-0.2, -0.15) is 4.98 Å². The highest BCUT2D eigenvalue weighted by molar-refractivity contribution is 5.73. The van der Waals surface area contributed by atoms with Gasteiger partial charge >= 0.3 is 5.69 Å². The molecule has 0 aliphatic heterocycles. The third kappa shape index (κ3) is 3.37. The largest absolute Gasteiger partial charge is 0.354 e. The minimum atomic E-state index is -0.777. The van der Waals surface area contributed by atoms with Crippen molar-refractivity contribution in [1.82, 2.24) is 24.5 Å². The Labute approximate surface area is 157 Å². The van der Waals surface area contributed by atoms with Gasteiger partial charge in [-0.15, -0.1) is 0 Å². The van der Waals surface area contributed by atoms with Crippen LogP contribution in [0.25, 0.3) is 16.7 Å². The normalized spacial score (nSPS) is 10.9. The molecule has 2 N–H and O–H groups in total. The third-order valence-electron chi connectivity index (χ3n) is 4.13. The molecule has 9 heteroatoms. The van der Waals surface area contributed by atoms with E-state index in [0.717, 1.165) is 10.3 Å². The monoisotopic (exact) mass is 378 g/mol. The number of hydrogen-bond donors (Lipinski definition) is 2. The molecule has 0 atom stereocenters. The molecule has 4 rings (SSSR count). The number of halogens is 1. The summed E-state index contributed by atoms with van der Waals surface area (Å²) in [5.41, 5.74) is -0.604. The number of para-hydroxylation sites is 1. The number of pyridine rings is 1. The van der Waals surface area contributed by atoms with E-state index in [1.54, 1.807) is 12.3 Å². The molecule has 0 saturated heterocycles. The molecule has 140 valence electrons. The van der Waals surface area contributed by atoms with Crippen molar-refractivity contribution in [3.8, 4) is 5.69 Å². The van der Waals surface area contributed by atoms with E-state index < -0.39 is 17.1 Å². The van der Waals surface area contributed by atoms with Gasteiger partial charge in [0.2, 0.25) is 5.95 Å². The maximum atomic E-state index is 14.0. The van der Waals surface area contributed by atoms with Crippen LogP contribution in [0.1, 0.15) is 5.69 Å². The third-order valence-corrected chi connectivity index (χ3v) is 4.13. The molecule has 28 heavy (non-hydrogen) atoms. The summed E-state index contributed by atoms with van der Waals surface area (Å²) in [6, 6.07) is 11.2. The summed E-state index contributed by atoms with van der Waals surface area (Å²) in [5, 5.41) is 3.11. The van der Waals surface area contributed by atoms with Crippen LogP contribution >= 0.6 is 0 Å². The van der Waals surface area contributed by atoms with Gasteiger partial charge in [0.05, 0.1) is 5.69 Å². The molecule has 0 amide bonds. The fourth-order valence-electron chi connectivity index (χ4n) is 2.79. The van der Waals surface area contributed by atoms with Gasteiger partial charge in [-0.05, 0) is 24.3 Å². The topological polar surface area (TPSA) is 106 Å². The molecular weight excluding hydrogens is 363 g/mol. The lowest BCUT2D eigenvalue weighted by atomic mass is 10.3. The highest BCUT2D eigenvalue weighted by Crippen LogP contribution is 2.10. The zero-order valence-electron chi connectivity index (χ0n) is 14.6. The fourth-order valence-corrected chi connectivity index (χ4v) is 2.79. The van der Waals surface area contributed by atoms with Crippen LogP contribution in [0, 0.1) is 5.82 Å². The van der Waals surface area contributed by atoms with Gasteiger partial charge in [-0.3, -0.25) is 14.8 Å². The van der Waals surface area contributed by atoms with Crippen molar-refractivity contribution in [2.24, 2.45) is 0 Å². The predicted octanol–water partition coefficient (Wildman–Crippen LogP) is 1.66. The number of aromatic amines is 1. The summed E-state index contributed by atoms with van der Waals surface area (Å²) in [7, 11) is 0. The van der Waals surface area contributed by atoms with E-state index in [1.165, 1.54) is 24.4 Å². The first-order valence-electron chi connectivity index (χ1n) is 8.54. The van der Waals surface area contributed by atoms with Crippen LogP contribution in [-0.4, -0.2) is 31.0 Å². The van der Waals surface area contributed by atoms with Crippen LogP contribution in [0.4, 0.5) is 10.3 Å². The quantitative estimate of drug-likeness (QED) is 0.547. The Balaban J connectivity index is 1.64. The van der Waals surface area contributed by atoms with Crippen molar-refractivity contribution < 1.29 is 4.39 Å². The van der Waals surface area contributed by atoms with Crippen molar-refractivity contribution >= 4 is 17.0 Å². The van der Waals surface area contributed by atoms with E-state index in [1.807, 2.05) is 18.2 Å². The van der Waals surface area contributed by atoms with E-state index >= 15 is 0 Å². The van der Waals surface area contributed by atoms with Crippen LogP contribution < -0.4 is 16.6 Å². The van der Waals surface area contributed by atoms with Crippen molar-refractivity contribution in [3.05, 3.63) is 87.2 Å². The standard InChI is InChI=1S/C19H15FN6O2/c20-14-6-1-2-7-15(14)26-17(27)13-11-23-18(24-16(13)25-19(26)28)22-10-8-12-5-3-4-9-21-12/h1-7,9,11H,8,10H2,(H2,22,23,24,25,28). The number of H-pyrrole nitrogens is 1. The Morgan fingerprint density at radius 2 is 1.89 bits per heavy atom. The highest BCUT2D eigenvalue weighted by atomic mass is 19.1. The van der Waals surface area contributed by atoms with Crippen LogP contribution in [0.3, 0.4) is 0 Å². The molecule has 0 fully saturated rings. The summed E-state index contributed by atoms with van der Waals surface area (Å²) in [5.74, 6) is -0.412. The summed E-state index contributed by atoms with van der Waals surface area (Å²) in [6.45, 7) is 0.527.